The van der Waals surface area contributed by atoms with Crippen LogP contribution >= 0.6 is 0 Å². The lowest BCUT2D eigenvalue weighted by atomic mass is 10.2. The Morgan fingerprint density at radius 2 is 1.52 bits per heavy atom. The van der Waals surface area contributed by atoms with E-state index in [4.69, 9.17) is 0 Å². The van der Waals surface area contributed by atoms with Crippen LogP contribution in [0.1, 0.15) is 0 Å². The number of nitrogens with zero attached hydrogens (tertiary/aromatic N) is 5. The quantitative estimate of drug-likeness (QED) is 0.567. The molecule has 0 radical (unpaired) electrons. The summed E-state index contributed by atoms with van der Waals surface area (Å²) in [5, 5.41) is 0.514. The zero-order valence-corrected chi connectivity index (χ0v) is 12.0. The lowest BCUT2D eigenvalue weighted by molar-refractivity contribution is 0.876. The standard InChI is InChI=1S/C17H11N5O/c23-16-12-6-1-2-7-13(12)21-15(14-8-3-4-9-18-14)22(16)17-19-10-5-11-20-17/h1-11H. The van der Waals surface area contributed by atoms with Gasteiger partial charge in [0.25, 0.3) is 5.56 Å². The molecule has 0 atom stereocenters. The summed E-state index contributed by atoms with van der Waals surface area (Å²) in [5.74, 6) is 0.692. The summed E-state index contributed by atoms with van der Waals surface area (Å²) >= 11 is 0. The number of para-hydroxylation sites is 1. The van der Waals surface area contributed by atoms with E-state index in [0.29, 0.717) is 22.4 Å². The minimum Gasteiger partial charge on any atom is -0.268 e. The SMILES string of the molecule is O=c1c2ccccc2nc(-c2ccccn2)n1-c1ncccn1. The second-order valence-corrected chi connectivity index (χ2v) is 4.86. The molecule has 0 N–H and O–H groups in total. The third-order valence-electron chi connectivity index (χ3n) is 3.42. The number of hydrogen-bond donors (Lipinski definition) is 0. The third-order valence-corrected chi connectivity index (χ3v) is 3.42. The van der Waals surface area contributed by atoms with E-state index in [1.54, 1.807) is 42.9 Å². The molecule has 0 aliphatic rings. The fourth-order valence-corrected chi connectivity index (χ4v) is 2.39. The van der Waals surface area contributed by atoms with Gasteiger partial charge in [-0.3, -0.25) is 9.78 Å². The molecular formula is C17H11N5O. The molecule has 23 heavy (non-hydrogen) atoms. The van der Waals surface area contributed by atoms with Crippen molar-refractivity contribution in [2.75, 3.05) is 0 Å². The van der Waals surface area contributed by atoms with E-state index in [-0.39, 0.29) is 11.5 Å². The first-order chi connectivity index (χ1) is 11.3. The number of rotatable bonds is 2. The Labute approximate surface area is 131 Å². The Bertz CT molecular complexity index is 1030. The van der Waals surface area contributed by atoms with Crippen LogP contribution in [-0.2, 0) is 0 Å². The minimum atomic E-state index is -0.220. The minimum absolute atomic E-state index is 0.220. The maximum Gasteiger partial charge on any atom is 0.268 e. The molecule has 6 nitrogen and oxygen atoms in total. The molecule has 6 heteroatoms. The van der Waals surface area contributed by atoms with Crippen LogP contribution in [0.25, 0.3) is 28.4 Å². The first-order valence-corrected chi connectivity index (χ1v) is 7.05. The topological polar surface area (TPSA) is 73.6 Å². The van der Waals surface area contributed by atoms with Gasteiger partial charge < -0.3 is 0 Å². The molecule has 110 valence electrons. The second kappa shape index (κ2) is 5.42. The van der Waals surface area contributed by atoms with Crippen molar-refractivity contribution in [1.82, 2.24) is 24.5 Å². The van der Waals surface area contributed by atoms with E-state index in [1.807, 2.05) is 24.3 Å². The van der Waals surface area contributed by atoms with Gasteiger partial charge in [0.05, 0.1) is 10.9 Å². The molecule has 4 aromatic rings. The zero-order valence-electron chi connectivity index (χ0n) is 12.0. The Hall–Kier alpha value is -3.41. The molecule has 3 heterocycles. The summed E-state index contributed by atoms with van der Waals surface area (Å²) in [6, 6.07) is 14.4. The molecule has 3 aromatic heterocycles. The average molecular weight is 301 g/mol. The number of hydrogen-bond acceptors (Lipinski definition) is 5. The van der Waals surface area contributed by atoms with Crippen molar-refractivity contribution >= 4 is 10.9 Å². The third kappa shape index (κ3) is 2.26. The van der Waals surface area contributed by atoms with Gasteiger partial charge in [-0.2, -0.15) is 0 Å². The van der Waals surface area contributed by atoms with E-state index in [0.717, 1.165) is 0 Å². The van der Waals surface area contributed by atoms with Crippen LogP contribution in [-0.4, -0.2) is 24.5 Å². The summed E-state index contributed by atoms with van der Waals surface area (Å²) in [6.45, 7) is 0. The van der Waals surface area contributed by atoms with E-state index in [1.165, 1.54) is 4.57 Å². The molecule has 1 aromatic carbocycles. The largest absolute Gasteiger partial charge is 0.268 e. The molecule has 0 unspecified atom stereocenters. The number of aromatic nitrogens is 5. The van der Waals surface area contributed by atoms with Crippen molar-refractivity contribution in [3.05, 3.63) is 77.5 Å². The van der Waals surface area contributed by atoms with Crippen molar-refractivity contribution in [2.24, 2.45) is 0 Å². The van der Waals surface area contributed by atoms with E-state index >= 15 is 0 Å². The van der Waals surface area contributed by atoms with Gasteiger partial charge in [-0.05, 0) is 30.3 Å². The van der Waals surface area contributed by atoms with Crippen LogP contribution in [0, 0.1) is 0 Å². The summed E-state index contributed by atoms with van der Waals surface area (Å²) < 4.78 is 1.39. The Morgan fingerprint density at radius 3 is 2.30 bits per heavy atom. The highest BCUT2D eigenvalue weighted by Crippen LogP contribution is 2.18. The smallest absolute Gasteiger partial charge is 0.268 e. The molecule has 0 aliphatic heterocycles. The van der Waals surface area contributed by atoms with Gasteiger partial charge in [0.1, 0.15) is 5.69 Å². The fraction of sp³-hybridized carbons (Fsp3) is 0. The van der Waals surface area contributed by atoms with Crippen LogP contribution < -0.4 is 5.56 Å². The molecule has 0 bridgehead atoms. The summed E-state index contributed by atoms with van der Waals surface area (Å²) in [4.78, 5) is 30.2. The van der Waals surface area contributed by atoms with Gasteiger partial charge in [-0.25, -0.2) is 19.5 Å². The number of benzene rings is 1. The predicted molar refractivity (Wildman–Crippen MR) is 86.2 cm³/mol. The molecule has 0 spiro atoms. The Balaban J connectivity index is 2.14. The van der Waals surface area contributed by atoms with E-state index in [9.17, 15) is 4.79 Å². The lowest BCUT2D eigenvalue weighted by Crippen LogP contribution is -2.23. The number of pyridine rings is 1. The van der Waals surface area contributed by atoms with Gasteiger partial charge >= 0.3 is 0 Å². The van der Waals surface area contributed by atoms with Crippen molar-refractivity contribution < 1.29 is 0 Å². The maximum atomic E-state index is 12.9. The maximum absolute atomic E-state index is 12.9. The van der Waals surface area contributed by atoms with Crippen LogP contribution in [0.5, 0.6) is 0 Å². The second-order valence-electron chi connectivity index (χ2n) is 4.86. The van der Waals surface area contributed by atoms with Gasteiger partial charge in [0.2, 0.25) is 5.95 Å². The van der Waals surface area contributed by atoms with Gasteiger partial charge in [-0.1, -0.05) is 18.2 Å². The first kappa shape index (κ1) is 13.3. The lowest BCUT2D eigenvalue weighted by Gasteiger charge is -2.11. The van der Waals surface area contributed by atoms with Crippen molar-refractivity contribution in [1.29, 1.82) is 0 Å². The normalized spacial score (nSPS) is 10.8. The molecule has 0 fully saturated rings. The van der Waals surface area contributed by atoms with Crippen molar-refractivity contribution in [2.45, 2.75) is 0 Å². The van der Waals surface area contributed by atoms with Crippen LogP contribution in [0.3, 0.4) is 0 Å². The molecule has 4 rings (SSSR count). The molecule has 0 amide bonds. The van der Waals surface area contributed by atoms with Gasteiger partial charge in [-0.15, -0.1) is 0 Å². The van der Waals surface area contributed by atoms with Crippen molar-refractivity contribution in [3.8, 4) is 17.5 Å². The fourth-order valence-electron chi connectivity index (χ4n) is 2.39. The molecule has 0 saturated heterocycles. The van der Waals surface area contributed by atoms with E-state index < -0.39 is 0 Å². The molecule has 0 saturated carbocycles. The average Bonchev–Trinajstić information content (AvgIpc) is 2.63. The monoisotopic (exact) mass is 301 g/mol. The Morgan fingerprint density at radius 1 is 0.783 bits per heavy atom. The summed E-state index contributed by atoms with van der Waals surface area (Å²) in [7, 11) is 0. The van der Waals surface area contributed by atoms with E-state index in [2.05, 4.69) is 19.9 Å². The zero-order chi connectivity index (χ0) is 15.6. The number of fused-ring (bicyclic) bond motifs is 1. The highest BCUT2D eigenvalue weighted by atomic mass is 16.1. The Kier molecular flexibility index (Phi) is 3.12. The first-order valence-electron chi connectivity index (χ1n) is 7.05. The highest BCUT2D eigenvalue weighted by Gasteiger charge is 2.16. The highest BCUT2D eigenvalue weighted by molar-refractivity contribution is 5.79. The molecule has 0 aliphatic carbocycles. The van der Waals surface area contributed by atoms with Crippen molar-refractivity contribution in [3.63, 3.8) is 0 Å². The van der Waals surface area contributed by atoms with Crippen LogP contribution in [0.15, 0.2) is 71.9 Å². The molecular weight excluding hydrogens is 290 g/mol. The van der Waals surface area contributed by atoms with Gasteiger partial charge in [0.15, 0.2) is 5.82 Å². The van der Waals surface area contributed by atoms with Crippen LogP contribution in [0.2, 0.25) is 0 Å². The predicted octanol–water partition coefficient (Wildman–Crippen LogP) is 2.24. The van der Waals surface area contributed by atoms with Gasteiger partial charge in [0, 0.05) is 18.6 Å². The summed E-state index contributed by atoms with van der Waals surface area (Å²) in [6.07, 6.45) is 4.84. The summed E-state index contributed by atoms with van der Waals surface area (Å²) in [5.41, 5.74) is 0.982. The van der Waals surface area contributed by atoms with Crippen LogP contribution in [0.4, 0.5) is 0 Å².